The van der Waals surface area contributed by atoms with Crippen LogP contribution >= 0.6 is 11.6 Å². The first-order valence-corrected chi connectivity index (χ1v) is 6.41. The van der Waals surface area contributed by atoms with Gasteiger partial charge in [-0.15, -0.1) is 0 Å². The number of aromatic amines is 1. The molecule has 3 rings (SSSR count). The molecule has 0 amide bonds. The molecule has 0 aliphatic rings. The van der Waals surface area contributed by atoms with Gasteiger partial charge in [0.25, 0.3) is 0 Å². The highest BCUT2D eigenvalue weighted by Crippen LogP contribution is 2.24. The van der Waals surface area contributed by atoms with Gasteiger partial charge in [-0.05, 0) is 17.7 Å². The van der Waals surface area contributed by atoms with Gasteiger partial charge in [-0.3, -0.25) is 5.10 Å². The Morgan fingerprint density at radius 1 is 0.947 bits per heavy atom. The number of hydrogen-bond donors (Lipinski definition) is 1. The van der Waals surface area contributed by atoms with Crippen molar-refractivity contribution >= 4 is 11.6 Å². The molecule has 0 aliphatic carbocycles. The van der Waals surface area contributed by atoms with Crippen LogP contribution in [0.25, 0.3) is 11.4 Å². The van der Waals surface area contributed by atoms with Crippen molar-refractivity contribution in [2.45, 2.75) is 6.42 Å². The molecule has 1 aromatic heterocycles. The first-order chi connectivity index (χ1) is 9.33. The second-order valence-corrected chi connectivity index (χ2v) is 4.66. The lowest BCUT2D eigenvalue weighted by Crippen LogP contribution is -1.90. The highest BCUT2D eigenvalue weighted by molar-refractivity contribution is 6.33. The molecule has 0 saturated carbocycles. The summed E-state index contributed by atoms with van der Waals surface area (Å²) in [6.07, 6.45) is 0.734. The van der Waals surface area contributed by atoms with E-state index in [9.17, 15) is 0 Å². The maximum atomic E-state index is 6.13. The summed E-state index contributed by atoms with van der Waals surface area (Å²) in [4.78, 5) is 4.49. The van der Waals surface area contributed by atoms with E-state index < -0.39 is 0 Å². The van der Waals surface area contributed by atoms with Gasteiger partial charge in [0.2, 0.25) is 0 Å². The first kappa shape index (κ1) is 11.9. The summed E-state index contributed by atoms with van der Waals surface area (Å²) >= 11 is 6.13. The molecule has 0 fully saturated rings. The molecule has 2 aromatic carbocycles. The maximum absolute atomic E-state index is 6.13. The van der Waals surface area contributed by atoms with Gasteiger partial charge in [0.05, 0.1) is 5.02 Å². The monoisotopic (exact) mass is 269 g/mol. The minimum absolute atomic E-state index is 0.636. The number of halogens is 1. The smallest absolute Gasteiger partial charge is 0.182 e. The second-order valence-electron chi connectivity index (χ2n) is 4.25. The summed E-state index contributed by atoms with van der Waals surface area (Å²) in [6, 6.07) is 17.7. The van der Waals surface area contributed by atoms with Gasteiger partial charge in [-0.1, -0.05) is 54.1 Å². The lowest BCUT2D eigenvalue weighted by Gasteiger charge is -1.97. The second kappa shape index (κ2) is 5.24. The van der Waals surface area contributed by atoms with Crippen molar-refractivity contribution in [3.8, 4) is 11.4 Å². The molecule has 0 radical (unpaired) electrons. The van der Waals surface area contributed by atoms with Crippen LogP contribution in [-0.2, 0) is 6.42 Å². The Hall–Kier alpha value is -2.13. The van der Waals surface area contributed by atoms with E-state index in [1.54, 1.807) is 0 Å². The van der Waals surface area contributed by atoms with Gasteiger partial charge >= 0.3 is 0 Å². The standard InChI is InChI=1S/C15H12ClN3/c16-13-9-5-4-8-12(13)15-17-14(18-19-15)10-11-6-2-1-3-7-11/h1-9H,10H2,(H,17,18,19). The summed E-state index contributed by atoms with van der Waals surface area (Å²) in [5.74, 6) is 1.47. The summed E-state index contributed by atoms with van der Waals surface area (Å²) in [7, 11) is 0. The molecule has 0 aliphatic heterocycles. The van der Waals surface area contributed by atoms with Gasteiger partial charge in [-0.25, -0.2) is 4.98 Å². The Morgan fingerprint density at radius 2 is 1.68 bits per heavy atom. The molecule has 0 unspecified atom stereocenters. The van der Waals surface area contributed by atoms with Gasteiger partial charge in [0, 0.05) is 12.0 Å². The van der Waals surface area contributed by atoms with E-state index in [1.165, 1.54) is 5.56 Å². The van der Waals surface area contributed by atoms with Gasteiger partial charge in [0.15, 0.2) is 5.82 Å². The maximum Gasteiger partial charge on any atom is 0.182 e. The number of aromatic nitrogens is 3. The van der Waals surface area contributed by atoms with Crippen molar-refractivity contribution in [3.05, 3.63) is 71.0 Å². The third-order valence-corrected chi connectivity index (χ3v) is 3.19. The number of hydrogen-bond acceptors (Lipinski definition) is 2. The highest BCUT2D eigenvalue weighted by atomic mass is 35.5. The van der Waals surface area contributed by atoms with E-state index in [0.717, 1.165) is 17.8 Å². The van der Waals surface area contributed by atoms with Crippen LogP contribution < -0.4 is 0 Å². The normalized spacial score (nSPS) is 10.6. The fourth-order valence-electron chi connectivity index (χ4n) is 1.93. The number of nitrogens with zero attached hydrogens (tertiary/aromatic N) is 2. The highest BCUT2D eigenvalue weighted by Gasteiger charge is 2.09. The third kappa shape index (κ3) is 2.66. The van der Waals surface area contributed by atoms with Crippen molar-refractivity contribution in [2.24, 2.45) is 0 Å². The lowest BCUT2D eigenvalue weighted by molar-refractivity contribution is 0.973. The fraction of sp³-hybridized carbons (Fsp3) is 0.0667. The van der Waals surface area contributed by atoms with Crippen molar-refractivity contribution in [1.82, 2.24) is 15.2 Å². The zero-order valence-electron chi connectivity index (χ0n) is 10.2. The van der Waals surface area contributed by atoms with Crippen LogP contribution in [0, 0.1) is 0 Å². The van der Waals surface area contributed by atoms with Crippen LogP contribution in [0.1, 0.15) is 11.4 Å². The quantitative estimate of drug-likeness (QED) is 0.787. The minimum Gasteiger partial charge on any atom is -0.262 e. The van der Waals surface area contributed by atoms with E-state index in [1.807, 2.05) is 42.5 Å². The van der Waals surface area contributed by atoms with E-state index in [2.05, 4.69) is 27.3 Å². The van der Waals surface area contributed by atoms with Gasteiger partial charge in [0.1, 0.15) is 5.82 Å². The van der Waals surface area contributed by atoms with E-state index in [-0.39, 0.29) is 0 Å². The van der Waals surface area contributed by atoms with Crippen LogP contribution in [0.5, 0.6) is 0 Å². The predicted molar refractivity (Wildman–Crippen MR) is 76.1 cm³/mol. The topological polar surface area (TPSA) is 41.6 Å². The Kier molecular flexibility index (Phi) is 3.29. The van der Waals surface area contributed by atoms with Crippen LogP contribution in [-0.4, -0.2) is 15.2 Å². The number of benzene rings is 2. The molecule has 0 saturated heterocycles. The van der Waals surface area contributed by atoms with Crippen molar-refractivity contribution in [1.29, 1.82) is 0 Å². The molecule has 0 atom stereocenters. The largest absolute Gasteiger partial charge is 0.262 e. The molecule has 1 heterocycles. The molecule has 0 spiro atoms. The molecular weight excluding hydrogens is 258 g/mol. The number of H-pyrrole nitrogens is 1. The predicted octanol–water partition coefficient (Wildman–Crippen LogP) is 3.72. The Bertz CT molecular complexity index is 677. The Labute approximate surface area is 116 Å². The lowest BCUT2D eigenvalue weighted by atomic mass is 10.1. The van der Waals surface area contributed by atoms with E-state index in [0.29, 0.717) is 10.8 Å². The Balaban J connectivity index is 1.86. The zero-order chi connectivity index (χ0) is 13.1. The SMILES string of the molecule is Clc1ccccc1-c1n[nH]c(Cc2ccccc2)n1. The van der Waals surface area contributed by atoms with Crippen LogP contribution in [0.2, 0.25) is 5.02 Å². The summed E-state index contributed by atoms with van der Waals surface area (Å²) in [5.41, 5.74) is 2.05. The van der Waals surface area contributed by atoms with Crippen LogP contribution in [0.4, 0.5) is 0 Å². The molecule has 3 nitrogen and oxygen atoms in total. The molecule has 94 valence electrons. The molecule has 0 bridgehead atoms. The van der Waals surface area contributed by atoms with Crippen LogP contribution in [0.15, 0.2) is 54.6 Å². The van der Waals surface area contributed by atoms with Crippen molar-refractivity contribution < 1.29 is 0 Å². The summed E-state index contributed by atoms with van der Waals surface area (Å²) in [5, 5.41) is 7.84. The first-order valence-electron chi connectivity index (χ1n) is 6.03. The van der Waals surface area contributed by atoms with Crippen molar-refractivity contribution in [3.63, 3.8) is 0 Å². The number of nitrogens with one attached hydrogen (secondary N) is 1. The van der Waals surface area contributed by atoms with E-state index in [4.69, 9.17) is 11.6 Å². The minimum atomic E-state index is 0.636. The Morgan fingerprint density at radius 3 is 2.47 bits per heavy atom. The van der Waals surface area contributed by atoms with Gasteiger partial charge in [-0.2, -0.15) is 5.10 Å². The van der Waals surface area contributed by atoms with Crippen molar-refractivity contribution in [2.75, 3.05) is 0 Å². The average molecular weight is 270 g/mol. The van der Waals surface area contributed by atoms with E-state index >= 15 is 0 Å². The molecule has 3 aromatic rings. The molecule has 1 N–H and O–H groups in total. The fourth-order valence-corrected chi connectivity index (χ4v) is 2.15. The third-order valence-electron chi connectivity index (χ3n) is 2.86. The molecule has 19 heavy (non-hydrogen) atoms. The zero-order valence-corrected chi connectivity index (χ0v) is 10.9. The molecule has 4 heteroatoms. The summed E-state index contributed by atoms with van der Waals surface area (Å²) < 4.78 is 0. The molecular formula is C15H12ClN3. The average Bonchev–Trinajstić information content (AvgIpc) is 2.89. The summed E-state index contributed by atoms with van der Waals surface area (Å²) in [6.45, 7) is 0. The number of rotatable bonds is 3. The van der Waals surface area contributed by atoms with Crippen LogP contribution in [0.3, 0.4) is 0 Å². The van der Waals surface area contributed by atoms with Gasteiger partial charge < -0.3 is 0 Å².